The number of rotatable bonds is 7. The van der Waals surface area contributed by atoms with Gasteiger partial charge >= 0.3 is 0 Å². The highest BCUT2D eigenvalue weighted by molar-refractivity contribution is 7.12. The fourth-order valence-corrected chi connectivity index (χ4v) is 3.23. The molecular weight excluding hydrogens is 218 g/mol. The zero-order valence-corrected chi connectivity index (χ0v) is 11.0. The summed E-state index contributed by atoms with van der Waals surface area (Å²) in [6.07, 6.45) is 2.54. The summed E-state index contributed by atoms with van der Waals surface area (Å²) >= 11 is 2.00. The summed E-state index contributed by atoms with van der Waals surface area (Å²) in [5, 5.41) is 3.45. The molecule has 2 nitrogen and oxygen atoms in total. The number of thiophene rings is 1. The molecule has 3 heteroatoms. The molecule has 0 saturated heterocycles. The molecule has 1 fully saturated rings. The van der Waals surface area contributed by atoms with Crippen LogP contribution in [0.2, 0.25) is 0 Å². The normalized spacial score (nSPS) is 23.6. The number of nitrogens with one attached hydrogen (secondary N) is 1. The molecule has 0 aliphatic heterocycles. The zero-order chi connectivity index (χ0) is 11.4. The predicted molar refractivity (Wildman–Crippen MR) is 69.3 cm³/mol. The van der Waals surface area contributed by atoms with Crippen LogP contribution < -0.4 is 5.32 Å². The second-order valence-corrected chi connectivity index (χ2v) is 5.66. The first-order valence-corrected chi connectivity index (χ1v) is 6.95. The monoisotopic (exact) mass is 239 g/mol. The first-order chi connectivity index (χ1) is 7.85. The van der Waals surface area contributed by atoms with Crippen molar-refractivity contribution in [3.05, 3.63) is 21.9 Å². The smallest absolute Gasteiger partial charge is 0.0587 e. The van der Waals surface area contributed by atoms with Crippen molar-refractivity contribution in [1.29, 1.82) is 0 Å². The van der Waals surface area contributed by atoms with Gasteiger partial charge in [0.25, 0.3) is 0 Å². The Balaban J connectivity index is 1.70. The van der Waals surface area contributed by atoms with Gasteiger partial charge < -0.3 is 10.1 Å². The van der Waals surface area contributed by atoms with Gasteiger partial charge in [-0.2, -0.15) is 0 Å². The van der Waals surface area contributed by atoms with Crippen molar-refractivity contribution in [2.75, 3.05) is 26.8 Å². The first-order valence-electron chi connectivity index (χ1n) is 6.13. The van der Waals surface area contributed by atoms with E-state index in [1.807, 2.05) is 11.3 Å². The van der Waals surface area contributed by atoms with E-state index < -0.39 is 0 Å². The highest BCUT2D eigenvalue weighted by Gasteiger charge is 2.38. The molecule has 0 radical (unpaired) electrons. The number of ether oxygens (including phenoxy) is 1. The summed E-state index contributed by atoms with van der Waals surface area (Å²) in [5.41, 5.74) is 0. The van der Waals surface area contributed by atoms with Gasteiger partial charge in [-0.15, -0.1) is 11.3 Å². The molecule has 1 aromatic heterocycles. The third-order valence-corrected chi connectivity index (χ3v) is 4.57. The number of methoxy groups -OCH3 is 1. The number of hydrogen-bond acceptors (Lipinski definition) is 3. The summed E-state index contributed by atoms with van der Waals surface area (Å²) in [6.45, 7) is 5.17. The molecule has 1 N–H and O–H groups in total. The van der Waals surface area contributed by atoms with E-state index in [-0.39, 0.29) is 0 Å². The molecule has 2 unspecified atom stereocenters. The van der Waals surface area contributed by atoms with E-state index in [1.165, 1.54) is 17.7 Å². The molecule has 1 aliphatic rings. The lowest BCUT2D eigenvalue weighted by atomic mass is 10.2. The van der Waals surface area contributed by atoms with Gasteiger partial charge in [-0.25, -0.2) is 0 Å². The van der Waals surface area contributed by atoms with Crippen molar-refractivity contribution in [3.8, 4) is 0 Å². The highest BCUT2D eigenvalue weighted by atomic mass is 32.1. The Hall–Kier alpha value is -0.380. The molecular formula is C13H21NOS. The lowest BCUT2D eigenvalue weighted by Crippen LogP contribution is -2.21. The Morgan fingerprint density at radius 2 is 2.38 bits per heavy atom. The van der Waals surface area contributed by atoms with E-state index in [0.29, 0.717) is 0 Å². The summed E-state index contributed by atoms with van der Waals surface area (Å²) in [5.74, 6) is 1.69. The molecule has 1 aromatic rings. The standard InChI is InChI=1S/C13H21NOS/c1-3-11-4-5-13(16-11)12-8-10(12)9-14-6-7-15-2/h4-5,10,12,14H,3,6-9H2,1-2H3. The van der Waals surface area contributed by atoms with Crippen molar-refractivity contribution in [3.63, 3.8) is 0 Å². The fourth-order valence-electron chi connectivity index (χ4n) is 2.07. The average molecular weight is 239 g/mol. The minimum Gasteiger partial charge on any atom is -0.383 e. The van der Waals surface area contributed by atoms with Crippen LogP contribution in [0.5, 0.6) is 0 Å². The molecule has 1 saturated carbocycles. The van der Waals surface area contributed by atoms with Gasteiger partial charge in [0, 0.05) is 23.4 Å². The van der Waals surface area contributed by atoms with Gasteiger partial charge in [-0.3, -0.25) is 0 Å². The quantitative estimate of drug-likeness (QED) is 0.739. The molecule has 0 aromatic carbocycles. The Kier molecular flexibility index (Phi) is 4.38. The van der Waals surface area contributed by atoms with Crippen molar-refractivity contribution in [2.45, 2.75) is 25.7 Å². The van der Waals surface area contributed by atoms with Crippen LogP contribution in [0.25, 0.3) is 0 Å². The summed E-state index contributed by atoms with van der Waals surface area (Å²) in [4.78, 5) is 3.11. The SMILES string of the molecule is CCc1ccc(C2CC2CNCCOC)s1. The van der Waals surface area contributed by atoms with Gasteiger partial charge in [0.1, 0.15) is 0 Å². The van der Waals surface area contributed by atoms with Crippen LogP contribution in [0.1, 0.15) is 29.0 Å². The maximum atomic E-state index is 5.01. The van der Waals surface area contributed by atoms with Gasteiger partial charge in [0.2, 0.25) is 0 Å². The van der Waals surface area contributed by atoms with E-state index >= 15 is 0 Å². The Morgan fingerprint density at radius 3 is 3.06 bits per heavy atom. The lowest BCUT2D eigenvalue weighted by Gasteiger charge is -2.02. The van der Waals surface area contributed by atoms with E-state index in [1.54, 1.807) is 12.0 Å². The van der Waals surface area contributed by atoms with Crippen LogP contribution >= 0.6 is 11.3 Å². The van der Waals surface area contributed by atoms with Crippen LogP contribution in [-0.2, 0) is 11.2 Å². The molecule has 90 valence electrons. The van der Waals surface area contributed by atoms with E-state index in [9.17, 15) is 0 Å². The van der Waals surface area contributed by atoms with Gasteiger partial charge in [0.05, 0.1) is 6.61 Å². The fraction of sp³-hybridized carbons (Fsp3) is 0.692. The van der Waals surface area contributed by atoms with Crippen molar-refractivity contribution < 1.29 is 4.74 Å². The average Bonchev–Trinajstić information content (AvgIpc) is 2.91. The highest BCUT2D eigenvalue weighted by Crippen LogP contribution is 2.49. The summed E-state index contributed by atoms with van der Waals surface area (Å²) in [7, 11) is 1.75. The number of hydrogen-bond donors (Lipinski definition) is 1. The largest absolute Gasteiger partial charge is 0.383 e. The minimum atomic E-state index is 0.816. The Morgan fingerprint density at radius 1 is 1.50 bits per heavy atom. The Labute approximate surface area is 102 Å². The van der Waals surface area contributed by atoms with Crippen LogP contribution in [-0.4, -0.2) is 26.8 Å². The Bertz CT molecular complexity index is 323. The van der Waals surface area contributed by atoms with Crippen molar-refractivity contribution >= 4 is 11.3 Å². The van der Waals surface area contributed by atoms with Crippen LogP contribution in [0.15, 0.2) is 12.1 Å². The van der Waals surface area contributed by atoms with Crippen LogP contribution in [0.4, 0.5) is 0 Å². The molecule has 0 spiro atoms. The lowest BCUT2D eigenvalue weighted by molar-refractivity contribution is 0.199. The minimum absolute atomic E-state index is 0.816. The summed E-state index contributed by atoms with van der Waals surface area (Å²) < 4.78 is 5.01. The topological polar surface area (TPSA) is 21.3 Å². The third-order valence-electron chi connectivity index (χ3n) is 3.21. The van der Waals surface area contributed by atoms with E-state index in [2.05, 4.69) is 24.4 Å². The van der Waals surface area contributed by atoms with Crippen LogP contribution in [0, 0.1) is 5.92 Å². The molecule has 16 heavy (non-hydrogen) atoms. The maximum Gasteiger partial charge on any atom is 0.0587 e. The van der Waals surface area contributed by atoms with Gasteiger partial charge in [0.15, 0.2) is 0 Å². The van der Waals surface area contributed by atoms with Gasteiger partial charge in [-0.1, -0.05) is 6.92 Å². The van der Waals surface area contributed by atoms with E-state index in [0.717, 1.165) is 31.5 Å². The van der Waals surface area contributed by atoms with E-state index in [4.69, 9.17) is 4.74 Å². The molecule has 2 rings (SSSR count). The first kappa shape index (κ1) is 12.1. The number of aryl methyl sites for hydroxylation is 1. The van der Waals surface area contributed by atoms with Crippen LogP contribution in [0.3, 0.4) is 0 Å². The molecule has 1 heterocycles. The predicted octanol–water partition coefficient (Wildman–Crippen LogP) is 2.65. The summed E-state index contributed by atoms with van der Waals surface area (Å²) in [6, 6.07) is 4.61. The third kappa shape index (κ3) is 3.06. The maximum absolute atomic E-state index is 5.01. The van der Waals surface area contributed by atoms with Crippen molar-refractivity contribution in [1.82, 2.24) is 5.32 Å². The van der Waals surface area contributed by atoms with Gasteiger partial charge in [-0.05, 0) is 43.4 Å². The van der Waals surface area contributed by atoms with Crippen molar-refractivity contribution in [2.24, 2.45) is 5.92 Å². The molecule has 0 bridgehead atoms. The molecule has 0 amide bonds. The second-order valence-electron chi connectivity index (χ2n) is 4.46. The molecule has 1 aliphatic carbocycles. The second kappa shape index (κ2) is 5.80. The molecule has 2 atom stereocenters. The zero-order valence-electron chi connectivity index (χ0n) is 10.2.